The van der Waals surface area contributed by atoms with Crippen molar-refractivity contribution < 1.29 is 27.7 Å². The Balaban J connectivity index is 1.92. The number of ether oxygens (including phenoxy) is 1. The summed E-state index contributed by atoms with van der Waals surface area (Å²) in [5.74, 6) is -1.16. The molecule has 0 aliphatic carbocycles. The van der Waals surface area contributed by atoms with E-state index in [0.717, 1.165) is 27.6 Å². The second-order valence-corrected chi connectivity index (χ2v) is 13.6. The average molecular weight is 560 g/mol. The van der Waals surface area contributed by atoms with Crippen molar-refractivity contribution in [3.63, 3.8) is 0 Å². The first-order valence-electron chi connectivity index (χ1n) is 12.8. The molecule has 2 atom stereocenters. The second-order valence-electron chi connectivity index (χ2n) is 11.7. The highest BCUT2D eigenvalue weighted by Gasteiger charge is 2.45. The van der Waals surface area contributed by atoms with Crippen LogP contribution in [-0.2, 0) is 36.2 Å². The Hall–Kier alpha value is -3.31. The van der Waals surface area contributed by atoms with Crippen LogP contribution in [-0.4, -0.2) is 65.2 Å². The Kier molecular flexibility index (Phi) is 8.57. The van der Waals surface area contributed by atoms with Crippen molar-refractivity contribution in [1.82, 2.24) is 9.21 Å². The molecule has 1 aliphatic heterocycles. The van der Waals surface area contributed by atoms with Gasteiger partial charge >= 0.3 is 5.97 Å². The van der Waals surface area contributed by atoms with Crippen LogP contribution in [0, 0.1) is 10.1 Å². The van der Waals surface area contributed by atoms with Crippen LogP contribution in [0.1, 0.15) is 59.6 Å². The van der Waals surface area contributed by atoms with Gasteiger partial charge < -0.3 is 9.64 Å². The van der Waals surface area contributed by atoms with E-state index in [4.69, 9.17) is 4.74 Å². The third-order valence-corrected chi connectivity index (χ3v) is 8.60. The number of hydrogen-bond donors (Lipinski definition) is 0. The highest BCUT2D eigenvalue weighted by Crippen LogP contribution is 2.30. The van der Waals surface area contributed by atoms with Gasteiger partial charge in [-0.25, -0.2) is 13.2 Å². The molecular formula is C28H37N3O7S. The Morgan fingerprint density at radius 2 is 1.64 bits per heavy atom. The van der Waals surface area contributed by atoms with Crippen molar-refractivity contribution >= 4 is 27.6 Å². The molecule has 10 nitrogen and oxygen atoms in total. The van der Waals surface area contributed by atoms with E-state index in [1.165, 1.54) is 24.0 Å². The second kappa shape index (κ2) is 11.1. The van der Waals surface area contributed by atoms with Crippen LogP contribution >= 0.6 is 0 Å². The molecule has 2 aromatic rings. The molecule has 0 spiro atoms. The van der Waals surface area contributed by atoms with Gasteiger partial charge in [0.15, 0.2) is 4.90 Å². The lowest BCUT2D eigenvalue weighted by atomic mass is 9.86. The summed E-state index contributed by atoms with van der Waals surface area (Å²) in [4.78, 5) is 38.5. The third kappa shape index (κ3) is 6.83. The molecule has 1 fully saturated rings. The van der Waals surface area contributed by atoms with Crippen molar-refractivity contribution in [2.75, 3.05) is 13.1 Å². The normalized spacial score (nSPS) is 18.1. The number of para-hydroxylation sites is 1. The zero-order valence-corrected chi connectivity index (χ0v) is 24.3. The Bertz CT molecular complexity index is 1340. The molecule has 3 rings (SSSR count). The van der Waals surface area contributed by atoms with Gasteiger partial charge in [0.2, 0.25) is 5.91 Å². The number of carbonyl (C=O) groups is 2. The van der Waals surface area contributed by atoms with Crippen LogP contribution in [0.5, 0.6) is 0 Å². The zero-order chi connectivity index (χ0) is 29.3. The quantitative estimate of drug-likeness (QED) is 0.284. The number of amides is 1. The monoisotopic (exact) mass is 559 g/mol. The fourth-order valence-corrected chi connectivity index (χ4v) is 6.26. The van der Waals surface area contributed by atoms with Crippen LogP contribution < -0.4 is 0 Å². The van der Waals surface area contributed by atoms with Crippen LogP contribution in [0.15, 0.2) is 53.4 Å². The molecule has 39 heavy (non-hydrogen) atoms. The number of carbonyl (C=O) groups excluding carboxylic acids is 2. The average Bonchev–Trinajstić information content (AvgIpc) is 2.83. The summed E-state index contributed by atoms with van der Waals surface area (Å²) in [6.07, 6.45) is 0.189. The van der Waals surface area contributed by atoms with Gasteiger partial charge in [-0.1, -0.05) is 57.2 Å². The fourth-order valence-electron chi connectivity index (χ4n) is 4.52. The number of esters is 1. The van der Waals surface area contributed by atoms with Gasteiger partial charge in [-0.3, -0.25) is 14.9 Å². The first kappa shape index (κ1) is 30.2. The highest BCUT2D eigenvalue weighted by molar-refractivity contribution is 7.89. The number of rotatable bonds is 7. The lowest BCUT2D eigenvalue weighted by molar-refractivity contribution is -0.387. The number of nitro groups is 1. The van der Waals surface area contributed by atoms with Gasteiger partial charge in [-0.15, -0.1) is 0 Å². The molecule has 212 valence electrons. The molecule has 0 N–H and O–H groups in total. The summed E-state index contributed by atoms with van der Waals surface area (Å²) in [6, 6.07) is 10.7. The Morgan fingerprint density at radius 3 is 2.18 bits per heavy atom. The predicted octanol–water partition coefficient (Wildman–Crippen LogP) is 4.07. The highest BCUT2D eigenvalue weighted by atomic mass is 32.2. The molecular weight excluding hydrogens is 522 g/mol. The SMILES string of the molecule is C[C@H]1C(=O)N([C@@H](Cc2ccc(C(C)(C)C)cc2)C(=O)OC(C)(C)C)CCN1S(=O)(=O)c1ccccc1[N+](=O)[O-]. The fraction of sp³-hybridized carbons (Fsp3) is 0.500. The number of sulfonamides is 1. The number of nitro benzene ring substituents is 1. The van der Waals surface area contributed by atoms with Crippen LogP contribution in [0.3, 0.4) is 0 Å². The Labute approximate surface area is 230 Å². The Morgan fingerprint density at radius 1 is 1.05 bits per heavy atom. The first-order valence-corrected chi connectivity index (χ1v) is 14.3. The van der Waals surface area contributed by atoms with E-state index in [1.54, 1.807) is 20.8 Å². The number of hydrogen-bond acceptors (Lipinski definition) is 7. The van der Waals surface area contributed by atoms with Gasteiger partial charge in [0.1, 0.15) is 17.7 Å². The number of piperazine rings is 1. The van der Waals surface area contributed by atoms with Gasteiger partial charge in [0.05, 0.1) is 4.92 Å². The minimum atomic E-state index is -4.37. The van der Waals surface area contributed by atoms with Gasteiger partial charge in [0.25, 0.3) is 15.7 Å². The van der Waals surface area contributed by atoms with E-state index >= 15 is 0 Å². The molecule has 1 amide bonds. The molecule has 0 aromatic heterocycles. The van der Waals surface area contributed by atoms with E-state index in [0.29, 0.717) is 0 Å². The summed E-state index contributed by atoms with van der Waals surface area (Å²) in [7, 11) is -4.37. The number of nitrogens with zero attached hydrogens (tertiary/aromatic N) is 3. The van der Waals surface area contributed by atoms with E-state index in [1.807, 2.05) is 24.3 Å². The third-order valence-electron chi connectivity index (χ3n) is 6.59. The van der Waals surface area contributed by atoms with Crippen molar-refractivity contribution in [1.29, 1.82) is 0 Å². The van der Waals surface area contributed by atoms with Gasteiger partial charge in [-0.05, 0) is 50.3 Å². The molecule has 1 heterocycles. The van der Waals surface area contributed by atoms with E-state index in [9.17, 15) is 28.1 Å². The van der Waals surface area contributed by atoms with E-state index in [2.05, 4.69) is 20.8 Å². The molecule has 2 aromatic carbocycles. The van der Waals surface area contributed by atoms with Crippen LogP contribution in [0.2, 0.25) is 0 Å². The first-order chi connectivity index (χ1) is 17.9. The lowest BCUT2D eigenvalue weighted by Gasteiger charge is -2.41. The molecule has 1 aliphatic rings. The maximum absolute atomic E-state index is 13.6. The van der Waals surface area contributed by atoms with Crippen molar-refractivity contribution in [3.8, 4) is 0 Å². The predicted molar refractivity (Wildman–Crippen MR) is 147 cm³/mol. The number of benzene rings is 2. The van der Waals surface area contributed by atoms with Crippen molar-refractivity contribution in [3.05, 3.63) is 69.8 Å². The summed E-state index contributed by atoms with van der Waals surface area (Å²) in [6.45, 7) is 12.7. The van der Waals surface area contributed by atoms with E-state index < -0.39 is 55.1 Å². The summed E-state index contributed by atoms with van der Waals surface area (Å²) >= 11 is 0. The van der Waals surface area contributed by atoms with Gasteiger partial charge in [0, 0.05) is 25.6 Å². The minimum Gasteiger partial charge on any atom is -0.458 e. The van der Waals surface area contributed by atoms with Crippen molar-refractivity contribution in [2.24, 2.45) is 0 Å². The van der Waals surface area contributed by atoms with Crippen LogP contribution in [0.4, 0.5) is 5.69 Å². The lowest BCUT2D eigenvalue weighted by Crippen LogP contribution is -2.62. The maximum Gasteiger partial charge on any atom is 0.329 e. The van der Waals surface area contributed by atoms with E-state index in [-0.39, 0.29) is 24.9 Å². The standard InChI is InChI=1S/C28H37N3O7S/c1-19-25(32)29(16-17-30(19)39(36,37)24-11-9-8-10-22(24)31(34)35)23(26(33)38-28(5,6)7)18-20-12-14-21(15-13-20)27(2,3)4/h8-15,19,23H,16-18H2,1-7H3/t19-,23-/m0/s1. The summed E-state index contributed by atoms with van der Waals surface area (Å²) in [5.41, 5.74) is 0.541. The smallest absolute Gasteiger partial charge is 0.329 e. The minimum absolute atomic E-state index is 0.0514. The van der Waals surface area contributed by atoms with Crippen LogP contribution in [0.25, 0.3) is 0 Å². The molecule has 1 saturated heterocycles. The molecule has 0 radical (unpaired) electrons. The molecule has 0 bridgehead atoms. The summed E-state index contributed by atoms with van der Waals surface area (Å²) in [5, 5.41) is 11.5. The molecule has 11 heteroatoms. The zero-order valence-electron chi connectivity index (χ0n) is 23.5. The van der Waals surface area contributed by atoms with Gasteiger partial charge in [-0.2, -0.15) is 4.31 Å². The maximum atomic E-state index is 13.6. The molecule has 0 unspecified atom stereocenters. The summed E-state index contributed by atoms with van der Waals surface area (Å²) < 4.78 is 33.5. The topological polar surface area (TPSA) is 127 Å². The largest absolute Gasteiger partial charge is 0.458 e. The van der Waals surface area contributed by atoms with Crippen molar-refractivity contribution in [2.45, 2.75) is 82.9 Å². The molecule has 0 saturated carbocycles.